The first-order valence-electron chi connectivity index (χ1n) is 10.1. The predicted molar refractivity (Wildman–Crippen MR) is 114 cm³/mol. The molecule has 0 bridgehead atoms. The number of hydrogen-bond acceptors (Lipinski definition) is 5. The van der Waals surface area contributed by atoms with Crippen molar-refractivity contribution in [3.8, 4) is 0 Å². The molecule has 1 aliphatic rings. The van der Waals surface area contributed by atoms with Crippen molar-refractivity contribution in [1.29, 1.82) is 0 Å². The highest BCUT2D eigenvalue weighted by Crippen LogP contribution is 2.56. The van der Waals surface area contributed by atoms with E-state index in [-0.39, 0.29) is 13.2 Å². The van der Waals surface area contributed by atoms with E-state index < -0.39 is 28.7 Å². The molecule has 0 saturated carbocycles. The second kappa shape index (κ2) is 8.44. The SMILES string of the molecule is C=C1N(C)C(C)=C(C(=O)OCC)[C@H](C(C)(C)C)[C@@]1(C(=O)OCC)c1ccccc1. The molecular formula is C24H33NO4. The largest absolute Gasteiger partial charge is 0.465 e. The summed E-state index contributed by atoms with van der Waals surface area (Å²) in [6.07, 6.45) is 0. The van der Waals surface area contributed by atoms with E-state index >= 15 is 0 Å². The zero-order valence-corrected chi connectivity index (χ0v) is 18.7. The maximum atomic E-state index is 13.7. The Balaban J connectivity index is 2.97. The summed E-state index contributed by atoms with van der Waals surface area (Å²) in [7, 11) is 1.83. The molecule has 5 heteroatoms. The summed E-state index contributed by atoms with van der Waals surface area (Å²) >= 11 is 0. The number of esters is 2. The van der Waals surface area contributed by atoms with Crippen molar-refractivity contribution in [2.75, 3.05) is 20.3 Å². The number of likely N-dealkylation sites (N-methyl/N-ethyl adjacent to an activating group) is 1. The number of hydrogen-bond donors (Lipinski definition) is 0. The average molecular weight is 400 g/mol. The molecule has 158 valence electrons. The highest BCUT2D eigenvalue weighted by atomic mass is 16.5. The van der Waals surface area contributed by atoms with Crippen molar-refractivity contribution in [3.63, 3.8) is 0 Å². The van der Waals surface area contributed by atoms with Gasteiger partial charge in [0.15, 0.2) is 0 Å². The van der Waals surface area contributed by atoms with Crippen molar-refractivity contribution in [2.24, 2.45) is 11.3 Å². The highest BCUT2D eigenvalue weighted by molar-refractivity contribution is 5.96. The minimum Gasteiger partial charge on any atom is -0.465 e. The fraction of sp³-hybridized carbons (Fsp3) is 0.500. The maximum Gasteiger partial charge on any atom is 0.336 e. The summed E-state index contributed by atoms with van der Waals surface area (Å²) in [6.45, 7) is 16.3. The van der Waals surface area contributed by atoms with E-state index in [2.05, 4.69) is 6.58 Å². The molecule has 2 rings (SSSR count). The highest BCUT2D eigenvalue weighted by Gasteiger charge is 2.61. The van der Waals surface area contributed by atoms with Gasteiger partial charge in [0.1, 0.15) is 5.41 Å². The number of carbonyl (C=O) groups excluding carboxylic acids is 2. The third kappa shape index (κ3) is 3.70. The molecule has 0 aromatic heterocycles. The average Bonchev–Trinajstić information content (AvgIpc) is 2.66. The van der Waals surface area contributed by atoms with Crippen LogP contribution >= 0.6 is 0 Å². The van der Waals surface area contributed by atoms with E-state index in [0.29, 0.717) is 11.3 Å². The summed E-state index contributed by atoms with van der Waals surface area (Å²) in [5, 5.41) is 0. The van der Waals surface area contributed by atoms with Gasteiger partial charge >= 0.3 is 11.9 Å². The van der Waals surface area contributed by atoms with Crippen LogP contribution in [0.2, 0.25) is 0 Å². The van der Waals surface area contributed by atoms with Gasteiger partial charge in [-0.05, 0) is 31.7 Å². The number of nitrogens with zero attached hydrogens (tertiary/aromatic N) is 1. The second-order valence-electron chi connectivity index (χ2n) is 8.42. The lowest BCUT2D eigenvalue weighted by molar-refractivity contribution is -0.154. The van der Waals surface area contributed by atoms with E-state index in [1.165, 1.54) is 0 Å². The van der Waals surface area contributed by atoms with Gasteiger partial charge in [-0.1, -0.05) is 57.7 Å². The third-order valence-electron chi connectivity index (χ3n) is 5.66. The number of rotatable bonds is 5. The van der Waals surface area contributed by atoms with Gasteiger partial charge in [-0.15, -0.1) is 0 Å². The summed E-state index contributed by atoms with van der Waals surface area (Å²) in [5.41, 5.74) is 0.870. The lowest BCUT2D eigenvalue weighted by Crippen LogP contribution is -2.58. The molecule has 0 radical (unpaired) electrons. The van der Waals surface area contributed by atoms with Crippen LogP contribution in [0.1, 0.15) is 47.1 Å². The molecule has 0 unspecified atom stereocenters. The number of carbonyl (C=O) groups is 2. The van der Waals surface area contributed by atoms with E-state index in [0.717, 1.165) is 11.3 Å². The molecule has 29 heavy (non-hydrogen) atoms. The van der Waals surface area contributed by atoms with Gasteiger partial charge in [0.25, 0.3) is 0 Å². The molecule has 1 aromatic rings. The Bertz CT molecular complexity index is 819. The molecule has 0 amide bonds. The quantitative estimate of drug-likeness (QED) is 0.685. The van der Waals surface area contributed by atoms with Gasteiger partial charge in [-0.2, -0.15) is 0 Å². The fourth-order valence-electron chi connectivity index (χ4n) is 4.43. The molecular weight excluding hydrogens is 366 g/mol. The Morgan fingerprint density at radius 1 is 1.10 bits per heavy atom. The van der Waals surface area contributed by atoms with Gasteiger partial charge in [-0.3, -0.25) is 4.79 Å². The van der Waals surface area contributed by atoms with Gasteiger partial charge in [0, 0.05) is 24.4 Å². The van der Waals surface area contributed by atoms with Crippen molar-refractivity contribution in [3.05, 3.63) is 59.4 Å². The maximum absolute atomic E-state index is 13.7. The first-order chi connectivity index (χ1) is 13.5. The summed E-state index contributed by atoms with van der Waals surface area (Å²) in [4.78, 5) is 28.6. The Labute approximate surface area is 174 Å². The number of ether oxygens (including phenoxy) is 2. The molecule has 5 nitrogen and oxygen atoms in total. The summed E-state index contributed by atoms with van der Waals surface area (Å²) < 4.78 is 11.0. The first-order valence-corrected chi connectivity index (χ1v) is 10.1. The molecule has 0 spiro atoms. The fourth-order valence-corrected chi connectivity index (χ4v) is 4.43. The molecule has 0 fully saturated rings. The zero-order valence-electron chi connectivity index (χ0n) is 18.7. The molecule has 0 saturated heterocycles. The Morgan fingerprint density at radius 3 is 2.14 bits per heavy atom. The lowest BCUT2D eigenvalue weighted by Gasteiger charge is -2.52. The molecule has 2 atom stereocenters. The molecule has 1 aliphatic heterocycles. The standard InChI is InChI=1S/C24H33NO4/c1-9-28-21(26)19-16(3)25(8)17(4)24(22(27)29-10-2,20(19)23(5,6)7)18-14-12-11-13-15-18/h11-15,20H,4,9-10H2,1-3,5-8H3/t20-,24+/m1/s1. The Hall–Kier alpha value is -2.56. The van der Waals surface area contributed by atoms with Gasteiger partial charge in [0.05, 0.1) is 18.8 Å². The van der Waals surface area contributed by atoms with E-state index in [1.807, 2.05) is 70.0 Å². The van der Waals surface area contributed by atoms with Crippen molar-refractivity contribution in [2.45, 2.75) is 47.0 Å². The zero-order chi connectivity index (χ0) is 22.0. The van der Waals surface area contributed by atoms with Gasteiger partial charge < -0.3 is 14.4 Å². The number of allylic oxidation sites excluding steroid dienone is 1. The third-order valence-corrected chi connectivity index (χ3v) is 5.66. The summed E-state index contributed by atoms with van der Waals surface area (Å²) in [6, 6.07) is 9.48. The van der Waals surface area contributed by atoms with Gasteiger partial charge in [-0.25, -0.2) is 4.79 Å². The van der Waals surface area contributed by atoms with Crippen LogP contribution in [0, 0.1) is 11.3 Å². The van der Waals surface area contributed by atoms with Crippen LogP contribution in [0.25, 0.3) is 0 Å². The van der Waals surface area contributed by atoms with Crippen LogP contribution in [-0.4, -0.2) is 37.1 Å². The van der Waals surface area contributed by atoms with Crippen molar-refractivity contribution >= 4 is 11.9 Å². The second-order valence-corrected chi connectivity index (χ2v) is 8.42. The minimum absolute atomic E-state index is 0.235. The molecule has 1 heterocycles. The van der Waals surface area contributed by atoms with Crippen LogP contribution in [0.3, 0.4) is 0 Å². The van der Waals surface area contributed by atoms with Crippen LogP contribution < -0.4 is 0 Å². The van der Waals surface area contributed by atoms with Crippen LogP contribution in [-0.2, 0) is 24.5 Å². The molecule has 0 aliphatic carbocycles. The first kappa shape index (κ1) is 22.7. The molecule has 1 aromatic carbocycles. The van der Waals surface area contributed by atoms with Crippen LogP contribution in [0.4, 0.5) is 0 Å². The minimum atomic E-state index is -1.24. The Morgan fingerprint density at radius 2 is 1.66 bits per heavy atom. The van der Waals surface area contributed by atoms with E-state index in [4.69, 9.17) is 9.47 Å². The van der Waals surface area contributed by atoms with Crippen LogP contribution in [0.5, 0.6) is 0 Å². The normalized spacial score (nSPS) is 22.5. The van der Waals surface area contributed by atoms with Crippen molar-refractivity contribution < 1.29 is 19.1 Å². The monoisotopic (exact) mass is 399 g/mol. The smallest absolute Gasteiger partial charge is 0.336 e. The Kier molecular flexibility index (Phi) is 6.61. The topological polar surface area (TPSA) is 55.8 Å². The van der Waals surface area contributed by atoms with E-state index in [1.54, 1.807) is 13.8 Å². The molecule has 0 N–H and O–H groups in total. The number of benzene rings is 1. The summed E-state index contributed by atoms with van der Waals surface area (Å²) in [5.74, 6) is -1.33. The van der Waals surface area contributed by atoms with E-state index in [9.17, 15) is 9.59 Å². The van der Waals surface area contributed by atoms with Crippen molar-refractivity contribution in [1.82, 2.24) is 4.90 Å². The van der Waals surface area contributed by atoms with Gasteiger partial charge in [0.2, 0.25) is 0 Å². The van der Waals surface area contributed by atoms with Crippen LogP contribution in [0.15, 0.2) is 53.9 Å². The predicted octanol–water partition coefficient (Wildman–Crippen LogP) is 4.45. The lowest BCUT2D eigenvalue weighted by atomic mass is 9.55.